The first-order chi connectivity index (χ1) is 10.8. The van der Waals surface area contributed by atoms with Crippen molar-refractivity contribution in [3.8, 4) is 0 Å². The Morgan fingerprint density at radius 2 is 2.17 bits per heavy atom. The fraction of sp³-hybridized carbons (Fsp3) is 0.500. The molecule has 9 heteroatoms. The van der Waals surface area contributed by atoms with E-state index < -0.39 is 11.9 Å². The van der Waals surface area contributed by atoms with Crippen molar-refractivity contribution >= 4 is 5.91 Å². The van der Waals surface area contributed by atoms with Crippen LogP contribution in [0.25, 0.3) is 0 Å². The molecule has 1 aliphatic rings. The lowest BCUT2D eigenvalue weighted by atomic mass is 10.2. The number of rotatable bonds is 5. The minimum atomic E-state index is -4.50. The Morgan fingerprint density at radius 1 is 1.43 bits per heavy atom. The van der Waals surface area contributed by atoms with Gasteiger partial charge in [0.05, 0.1) is 12.2 Å². The summed E-state index contributed by atoms with van der Waals surface area (Å²) in [6, 6.07) is 2.80. The topological polar surface area (TPSA) is 64.7 Å². The van der Waals surface area contributed by atoms with Crippen molar-refractivity contribution in [3.05, 3.63) is 35.4 Å². The Labute approximate surface area is 130 Å². The van der Waals surface area contributed by atoms with Crippen LogP contribution in [-0.4, -0.2) is 25.5 Å². The van der Waals surface area contributed by atoms with Crippen LogP contribution < -0.4 is 5.32 Å². The van der Waals surface area contributed by atoms with Crippen LogP contribution in [0.2, 0.25) is 0 Å². The highest BCUT2D eigenvalue weighted by Gasteiger charge is 2.38. The second-order valence-corrected chi connectivity index (χ2v) is 5.61. The molecule has 2 aromatic heterocycles. The monoisotopic (exact) mass is 327 g/mol. The molecule has 1 N–H and O–H groups in total. The molecule has 1 aliphatic carbocycles. The fourth-order valence-corrected chi connectivity index (χ4v) is 2.36. The van der Waals surface area contributed by atoms with Gasteiger partial charge in [-0.15, -0.1) is 0 Å². The molecule has 2 heterocycles. The number of nitrogens with one attached hydrogen (secondary N) is 1. The van der Waals surface area contributed by atoms with Crippen molar-refractivity contribution < 1.29 is 18.0 Å². The molecule has 124 valence electrons. The number of carbonyl (C=O) groups excluding carboxylic acids is 1. The minimum absolute atomic E-state index is 0.0727. The number of aryl methyl sites for hydroxylation is 1. The first kappa shape index (κ1) is 15.6. The predicted molar refractivity (Wildman–Crippen MR) is 74.3 cm³/mol. The number of carbonyl (C=O) groups is 1. The van der Waals surface area contributed by atoms with Gasteiger partial charge in [-0.3, -0.25) is 14.2 Å². The maximum atomic E-state index is 12.8. The zero-order chi connectivity index (χ0) is 16.6. The van der Waals surface area contributed by atoms with Crippen molar-refractivity contribution in [3.63, 3.8) is 0 Å². The SMILES string of the molecule is Cn1nccc1CNC(=O)Cn1nc(C(F)(F)F)cc1C1CC1. The molecule has 0 bridgehead atoms. The molecular weight excluding hydrogens is 311 g/mol. The van der Waals surface area contributed by atoms with Crippen LogP contribution in [0.4, 0.5) is 13.2 Å². The number of nitrogens with zero attached hydrogens (tertiary/aromatic N) is 4. The first-order valence-corrected chi connectivity index (χ1v) is 7.23. The van der Waals surface area contributed by atoms with Crippen molar-refractivity contribution in [2.24, 2.45) is 7.05 Å². The summed E-state index contributed by atoms with van der Waals surface area (Å²) in [7, 11) is 1.75. The van der Waals surface area contributed by atoms with Crippen molar-refractivity contribution in [2.45, 2.75) is 38.0 Å². The highest BCUT2D eigenvalue weighted by molar-refractivity contribution is 5.75. The summed E-state index contributed by atoms with van der Waals surface area (Å²) in [6.45, 7) is 0.0429. The van der Waals surface area contributed by atoms with Crippen LogP contribution in [0.15, 0.2) is 18.3 Å². The molecule has 3 rings (SSSR count). The van der Waals surface area contributed by atoms with Crippen LogP contribution in [0.1, 0.15) is 35.8 Å². The van der Waals surface area contributed by atoms with Gasteiger partial charge < -0.3 is 5.32 Å². The van der Waals surface area contributed by atoms with Gasteiger partial charge in [0.15, 0.2) is 5.69 Å². The third-order valence-corrected chi connectivity index (χ3v) is 3.78. The first-order valence-electron chi connectivity index (χ1n) is 7.23. The van der Waals surface area contributed by atoms with E-state index in [1.807, 2.05) is 0 Å². The van der Waals surface area contributed by atoms with Crippen LogP contribution in [0.3, 0.4) is 0 Å². The summed E-state index contributed by atoms with van der Waals surface area (Å²) in [5.74, 6) is -0.312. The summed E-state index contributed by atoms with van der Waals surface area (Å²) < 4.78 is 41.2. The molecule has 6 nitrogen and oxygen atoms in total. The maximum Gasteiger partial charge on any atom is 0.435 e. The molecule has 1 saturated carbocycles. The third-order valence-electron chi connectivity index (χ3n) is 3.78. The maximum absolute atomic E-state index is 12.8. The van der Waals surface area contributed by atoms with E-state index in [4.69, 9.17) is 0 Å². The molecule has 0 aromatic carbocycles. The van der Waals surface area contributed by atoms with Gasteiger partial charge in [0.2, 0.25) is 5.91 Å². The van der Waals surface area contributed by atoms with E-state index in [9.17, 15) is 18.0 Å². The molecule has 0 atom stereocenters. The van der Waals surface area contributed by atoms with E-state index in [1.54, 1.807) is 24.0 Å². The normalized spacial score (nSPS) is 15.0. The van der Waals surface area contributed by atoms with Crippen molar-refractivity contribution in [1.29, 1.82) is 0 Å². The molecule has 23 heavy (non-hydrogen) atoms. The van der Waals surface area contributed by atoms with Crippen LogP contribution in [-0.2, 0) is 31.1 Å². The average molecular weight is 327 g/mol. The summed E-state index contributed by atoms with van der Waals surface area (Å²) >= 11 is 0. The van der Waals surface area contributed by atoms with Gasteiger partial charge in [-0.25, -0.2) is 0 Å². The van der Waals surface area contributed by atoms with E-state index in [-0.39, 0.29) is 24.9 Å². The Balaban J connectivity index is 1.68. The smallest absolute Gasteiger partial charge is 0.349 e. The summed E-state index contributed by atoms with van der Waals surface area (Å²) in [4.78, 5) is 12.0. The van der Waals surface area contributed by atoms with E-state index in [0.29, 0.717) is 5.69 Å². The number of amides is 1. The molecule has 2 aromatic rings. The van der Waals surface area contributed by atoms with Crippen molar-refractivity contribution in [1.82, 2.24) is 24.9 Å². The number of alkyl halides is 3. The average Bonchev–Trinajstić information content (AvgIpc) is 3.09. The van der Waals surface area contributed by atoms with Gasteiger partial charge in [-0.1, -0.05) is 0 Å². The molecule has 0 radical (unpaired) electrons. The third kappa shape index (κ3) is 3.54. The Kier molecular flexibility index (Phi) is 3.87. The highest BCUT2D eigenvalue weighted by atomic mass is 19.4. The van der Waals surface area contributed by atoms with Crippen LogP contribution in [0.5, 0.6) is 0 Å². The summed E-state index contributed by atoms with van der Waals surface area (Å²) in [5, 5.41) is 10.2. The molecule has 0 aliphatic heterocycles. The molecule has 0 spiro atoms. The van der Waals surface area contributed by atoms with Crippen LogP contribution in [0, 0.1) is 0 Å². The zero-order valence-electron chi connectivity index (χ0n) is 12.5. The number of halogens is 3. The van der Waals surface area contributed by atoms with Gasteiger partial charge in [0.25, 0.3) is 0 Å². The van der Waals surface area contributed by atoms with Crippen molar-refractivity contribution in [2.75, 3.05) is 0 Å². The molecule has 1 amide bonds. The Hall–Kier alpha value is -2.32. The van der Waals surface area contributed by atoms with E-state index in [2.05, 4.69) is 15.5 Å². The van der Waals surface area contributed by atoms with Gasteiger partial charge in [-0.05, 0) is 25.0 Å². The Morgan fingerprint density at radius 3 is 2.74 bits per heavy atom. The quantitative estimate of drug-likeness (QED) is 0.911. The van der Waals surface area contributed by atoms with Gasteiger partial charge in [0, 0.05) is 24.9 Å². The predicted octanol–water partition coefficient (Wildman–Crippen LogP) is 1.83. The van der Waals surface area contributed by atoms with Gasteiger partial charge >= 0.3 is 6.18 Å². The van der Waals surface area contributed by atoms with E-state index in [1.165, 1.54) is 4.68 Å². The second-order valence-electron chi connectivity index (χ2n) is 5.61. The van der Waals surface area contributed by atoms with E-state index >= 15 is 0 Å². The molecule has 1 fully saturated rings. The highest BCUT2D eigenvalue weighted by Crippen LogP contribution is 2.42. The van der Waals surface area contributed by atoms with Crippen LogP contribution >= 0.6 is 0 Å². The lowest BCUT2D eigenvalue weighted by Gasteiger charge is -2.08. The number of hydrogen-bond donors (Lipinski definition) is 1. The van der Waals surface area contributed by atoms with Gasteiger partial charge in [0.1, 0.15) is 6.54 Å². The number of hydrogen-bond acceptors (Lipinski definition) is 3. The molecule has 0 saturated heterocycles. The lowest BCUT2D eigenvalue weighted by Crippen LogP contribution is -2.29. The van der Waals surface area contributed by atoms with E-state index in [0.717, 1.165) is 24.6 Å². The summed E-state index contributed by atoms with van der Waals surface area (Å²) in [6.07, 6.45) is -1.23. The number of aromatic nitrogens is 4. The fourth-order valence-electron chi connectivity index (χ4n) is 2.36. The minimum Gasteiger partial charge on any atom is -0.349 e. The summed E-state index contributed by atoms with van der Waals surface area (Å²) in [5.41, 5.74) is 0.337. The standard InChI is InChI=1S/C14H16F3N5O/c1-21-10(4-5-19-21)7-18-13(23)8-22-11(9-2-3-9)6-12(20-22)14(15,16)17/h4-6,9H,2-3,7-8H2,1H3,(H,18,23). The second kappa shape index (κ2) is 5.71. The molecular formula is C14H16F3N5O. The zero-order valence-corrected chi connectivity index (χ0v) is 12.5. The van der Waals surface area contributed by atoms with Gasteiger partial charge in [-0.2, -0.15) is 23.4 Å². The largest absolute Gasteiger partial charge is 0.435 e. The lowest BCUT2D eigenvalue weighted by molar-refractivity contribution is -0.141. The molecule has 0 unspecified atom stereocenters. The Bertz CT molecular complexity index is 714.